The van der Waals surface area contributed by atoms with Crippen molar-refractivity contribution in [3.8, 4) is 0 Å². The zero-order valence-corrected chi connectivity index (χ0v) is 12.7. The van der Waals surface area contributed by atoms with E-state index >= 15 is 0 Å². The fraction of sp³-hybridized carbons (Fsp3) is 0.833. The Balaban J connectivity index is -0.000000218. The van der Waals surface area contributed by atoms with Crippen LogP contribution >= 0.6 is 0 Å². The molecule has 0 aliphatic heterocycles. The molecule has 0 bridgehead atoms. The van der Waals surface area contributed by atoms with Gasteiger partial charge in [0, 0.05) is 11.9 Å². The van der Waals surface area contributed by atoms with E-state index in [-0.39, 0.29) is 33.6 Å². The van der Waals surface area contributed by atoms with Gasteiger partial charge in [0.1, 0.15) is 0 Å². The zero-order valence-electron chi connectivity index (χ0n) is 11.1. The third-order valence-electron chi connectivity index (χ3n) is 2.64. The van der Waals surface area contributed by atoms with Gasteiger partial charge >= 0.3 is 21.7 Å². The molecule has 4 nitrogen and oxygen atoms in total. The SMILES string of the molecule is CCC(CC)C(=O)[O-].CCC(CC)C(=O)[O-].[Ti+2]. The van der Waals surface area contributed by atoms with Gasteiger partial charge in [-0.15, -0.1) is 0 Å². The van der Waals surface area contributed by atoms with Gasteiger partial charge in [0.25, 0.3) is 0 Å². The third-order valence-corrected chi connectivity index (χ3v) is 2.64. The van der Waals surface area contributed by atoms with Crippen LogP contribution in [0.5, 0.6) is 0 Å². The molecular formula is C12H22O4Ti. The molecule has 0 aliphatic rings. The van der Waals surface area contributed by atoms with Gasteiger partial charge in [0.15, 0.2) is 0 Å². The summed E-state index contributed by atoms with van der Waals surface area (Å²) in [6.07, 6.45) is 2.72. The Morgan fingerprint density at radius 3 is 0.941 bits per heavy atom. The van der Waals surface area contributed by atoms with Gasteiger partial charge in [-0.05, 0) is 37.5 Å². The predicted octanol–water partition coefficient (Wildman–Crippen LogP) is 0.343. The molecule has 0 atom stereocenters. The van der Waals surface area contributed by atoms with Gasteiger partial charge in [-0.2, -0.15) is 0 Å². The molecule has 0 saturated heterocycles. The largest absolute Gasteiger partial charge is 2.00 e. The van der Waals surface area contributed by atoms with E-state index in [2.05, 4.69) is 0 Å². The van der Waals surface area contributed by atoms with E-state index in [0.29, 0.717) is 25.7 Å². The number of carboxylic acids is 2. The third kappa shape index (κ3) is 11.9. The molecule has 0 rings (SSSR count). The van der Waals surface area contributed by atoms with E-state index in [9.17, 15) is 19.8 Å². The first kappa shape index (κ1) is 21.9. The maximum atomic E-state index is 10.1. The second kappa shape index (κ2) is 13.7. The van der Waals surface area contributed by atoms with Crippen LogP contribution in [0.3, 0.4) is 0 Å². The summed E-state index contributed by atoms with van der Waals surface area (Å²) in [6, 6.07) is 0. The summed E-state index contributed by atoms with van der Waals surface area (Å²) in [7, 11) is 0. The van der Waals surface area contributed by atoms with Crippen molar-refractivity contribution in [3.05, 3.63) is 0 Å². The number of aliphatic carboxylic acids is 2. The minimum absolute atomic E-state index is 0. The average molecular weight is 278 g/mol. The molecule has 0 spiro atoms. The Hall–Kier alpha value is -0.346. The van der Waals surface area contributed by atoms with Gasteiger partial charge in [-0.3, -0.25) is 0 Å². The topological polar surface area (TPSA) is 80.3 Å². The standard InChI is InChI=1S/2C6H12O2.Ti/c2*1-3-5(4-2)6(7)8;/h2*5H,3-4H2,1-2H3,(H,7,8);/q;;+2/p-2. The molecule has 0 radical (unpaired) electrons. The van der Waals surface area contributed by atoms with E-state index in [1.54, 1.807) is 0 Å². The first-order valence-electron chi connectivity index (χ1n) is 5.86. The van der Waals surface area contributed by atoms with Crippen molar-refractivity contribution < 1.29 is 41.5 Å². The van der Waals surface area contributed by atoms with Crippen molar-refractivity contribution in [1.29, 1.82) is 0 Å². The quantitative estimate of drug-likeness (QED) is 0.656. The minimum atomic E-state index is -0.921. The first-order valence-corrected chi connectivity index (χ1v) is 5.86. The molecular weight excluding hydrogens is 256 g/mol. The Bertz CT molecular complexity index is 177. The maximum absolute atomic E-state index is 10.1. The molecule has 0 N–H and O–H groups in total. The Morgan fingerprint density at radius 1 is 0.765 bits per heavy atom. The zero-order chi connectivity index (χ0) is 13.1. The van der Waals surface area contributed by atoms with Gasteiger partial charge in [-0.25, -0.2) is 0 Å². The number of rotatable bonds is 6. The van der Waals surface area contributed by atoms with E-state index < -0.39 is 11.9 Å². The molecule has 0 aromatic rings. The summed E-state index contributed by atoms with van der Waals surface area (Å²) < 4.78 is 0. The van der Waals surface area contributed by atoms with E-state index in [0.717, 1.165) is 0 Å². The van der Waals surface area contributed by atoms with Crippen LogP contribution in [0.1, 0.15) is 53.4 Å². The molecule has 5 heteroatoms. The van der Waals surface area contributed by atoms with Crippen LogP contribution in [0.25, 0.3) is 0 Å². The van der Waals surface area contributed by atoms with Gasteiger partial charge in [0.05, 0.1) is 0 Å². The van der Waals surface area contributed by atoms with Gasteiger partial charge < -0.3 is 19.8 Å². The number of hydrogen-bond donors (Lipinski definition) is 0. The van der Waals surface area contributed by atoms with Crippen molar-refractivity contribution >= 4 is 11.9 Å². The van der Waals surface area contributed by atoms with E-state index in [1.165, 1.54) is 0 Å². The van der Waals surface area contributed by atoms with Crippen molar-refractivity contribution in [2.24, 2.45) is 11.8 Å². The summed E-state index contributed by atoms with van der Waals surface area (Å²) in [5, 5.41) is 20.1. The summed E-state index contributed by atoms with van der Waals surface area (Å²) in [4.78, 5) is 20.1. The van der Waals surface area contributed by atoms with Gasteiger partial charge in [-0.1, -0.05) is 27.7 Å². The molecule has 0 aromatic carbocycles. The van der Waals surface area contributed by atoms with Crippen LogP contribution in [0.15, 0.2) is 0 Å². The molecule has 0 aromatic heterocycles. The molecule has 98 valence electrons. The van der Waals surface area contributed by atoms with Crippen molar-refractivity contribution in [2.75, 3.05) is 0 Å². The molecule has 17 heavy (non-hydrogen) atoms. The molecule has 0 saturated carbocycles. The fourth-order valence-electron chi connectivity index (χ4n) is 1.24. The maximum Gasteiger partial charge on any atom is 2.00 e. The van der Waals surface area contributed by atoms with Crippen molar-refractivity contribution in [2.45, 2.75) is 53.4 Å². The Kier molecular flexibility index (Phi) is 17.7. The molecule has 0 amide bonds. The summed E-state index contributed by atoms with van der Waals surface area (Å²) in [6.45, 7) is 7.40. The number of carbonyl (C=O) groups excluding carboxylic acids is 2. The Labute approximate surface area is 119 Å². The number of carboxylic acid groups (broad SMARTS) is 2. The van der Waals surface area contributed by atoms with Crippen LogP contribution in [0.4, 0.5) is 0 Å². The fourth-order valence-corrected chi connectivity index (χ4v) is 1.24. The van der Waals surface area contributed by atoms with Crippen LogP contribution < -0.4 is 10.2 Å². The van der Waals surface area contributed by atoms with Crippen LogP contribution in [0.2, 0.25) is 0 Å². The second-order valence-electron chi connectivity index (χ2n) is 3.66. The van der Waals surface area contributed by atoms with Crippen LogP contribution in [-0.2, 0) is 31.3 Å². The van der Waals surface area contributed by atoms with Gasteiger partial charge in [0.2, 0.25) is 0 Å². The second-order valence-corrected chi connectivity index (χ2v) is 3.66. The normalized spacial score (nSPS) is 9.29. The van der Waals surface area contributed by atoms with E-state index in [4.69, 9.17) is 0 Å². The predicted molar refractivity (Wildman–Crippen MR) is 58.2 cm³/mol. The summed E-state index contributed by atoms with van der Waals surface area (Å²) in [5.41, 5.74) is 0. The molecule has 0 unspecified atom stereocenters. The van der Waals surface area contributed by atoms with Crippen molar-refractivity contribution in [1.82, 2.24) is 0 Å². The number of carbonyl (C=O) groups is 2. The van der Waals surface area contributed by atoms with Crippen LogP contribution in [-0.4, -0.2) is 11.9 Å². The minimum Gasteiger partial charge on any atom is -0.550 e. The Morgan fingerprint density at radius 2 is 0.941 bits per heavy atom. The first-order chi connectivity index (χ1) is 7.44. The van der Waals surface area contributed by atoms with E-state index in [1.807, 2.05) is 27.7 Å². The average Bonchev–Trinajstić information content (AvgIpc) is 2.21. The summed E-state index contributed by atoms with van der Waals surface area (Å²) in [5.74, 6) is -2.32. The molecule has 0 aliphatic carbocycles. The monoisotopic (exact) mass is 278 g/mol. The number of hydrogen-bond acceptors (Lipinski definition) is 4. The molecule has 0 fully saturated rings. The van der Waals surface area contributed by atoms with Crippen molar-refractivity contribution in [3.63, 3.8) is 0 Å². The smallest absolute Gasteiger partial charge is 0.550 e. The summed E-state index contributed by atoms with van der Waals surface area (Å²) >= 11 is 0. The molecule has 0 heterocycles. The van der Waals surface area contributed by atoms with Crippen LogP contribution in [0, 0.1) is 11.8 Å².